The zero-order chi connectivity index (χ0) is 10.1. The molecule has 72 valence electrons. The van der Waals surface area contributed by atoms with E-state index in [9.17, 15) is 10.2 Å². The van der Waals surface area contributed by atoms with Crippen LogP contribution in [0.4, 0.5) is 5.88 Å². The summed E-state index contributed by atoms with van der Waals surface area (Å²) in [4.78, 5) is 0. The molecular weight excluding hydrogens is 184 g/mol. The van der Waals surface area contributed by atoms with Gasteiger partial charge in [0.1, 0.15) is 5.69 Å². The highest BCUT2D eigenvalue weighted by Crippen LogP contribution is 2.35. The molecule has 2 aromatic rings. The third-order valence-corrected chi connectivity index (χ3v) is 1.82. The molecule has 0 aliphatic heterocycles. The number of phenolic OH excluding ortho intramolecular Hbond substituents is 2. The minimum absolute atomic E-state index is 0.155. The van der Waals surface area contributed by atoms with Gasteiger partial charge < -0.3 is 20.5 Å². The van der Waals surface area contributed by atoms with Crippen molar-refractivity contribution >= 4 is 5.88 Å². The van der Waals surface area contributed by atoms with Gasteiger partial charge in [-0.05, 0) is 12.1 Å². The molecule has 0 aliphatic carbocycles. The summed E-state index contributed by atoms with van der Waals surface area (Å²) in [5.74, 6) is -0.285. The number of hydrogen-bond donors (Lipinski definition) is 3. The number of hydrogen-bond acceptors (Lipinski definition) is 5. The molecule has 0 radical (unpaired) electrons. The standard InChI is InChI=1S/C9H8N2O3/c10-8-4-6(11-14-8)5-2-1-3-7(12)9(5)13/h1-4,12-13H,10H2. The van der Waals surface area contributed by atoms with E-state index in [-0.39, 0.29) is 17.4 Å². The number of aromatic nitrogens is 1. The molecule has 0 atom stereocenters. The molecule has 0 fully saturated rings. The topological polar surface area (TPSA) is 92.5 Å². The van der Waals surface area contributed by atoms with Crippen LogP contribution in [0.5, 0.6) is 11.5 Å². The van der Waals surface area contributed by atoms with E-state index in [0.29, 0.717) is 11.3 Å². The minimum atomic E-state index is -0.235. The molecule has 0 unspecified atom stereocenters. The van der Waals surface area contributed by atoms with E-state index in [1.165, 1.54) is 12.1 Å². The predicted molar refractivity (Wildman–Crippen MR) is 49.7 cm³/mol. The maximum atomic E-state index is 9.49. The number of phenols is 2. The molecule has 0 spiro atoms. The Morgan fingerprint density at radius 1 is 1.29 bits per heavy atom. The summed E-state index contributed by atoms with van der Waals surface area (Å²) in [6.07, 6.45) is 0. The van der Waals surface area contributed by atoms with Gasteiger partial charge in [0.15, 0.2) is 11.5 Å². The van der Waals surface area contributed by atoms with E-state index in [0.717, 1.165) is 0 Å². The summed E-state index contributed by atoms with van der Waals surface area (Å²) in [5.41, 5.74) is 6.10. The van der Waals surface area contributed by atoms with Crippen LogP contribution in [0.25, 0.3) is 11.3 Å². The van der Waals surface area contributed by atoms with Gasteiger partial charge in [-0.15, -0.1) is 0 Å². The molecular formula is C9H8N2O3. The summed E-state index contributed by atoms with van der Waals surface area (Å²) in [7, 11) is 0. The van der Waals surface area contributed by atoms with Crippen molar-refractivity contribution in [3.05, 3.63) is 24.3 Å². The van der Waals surface area contributed by atoms with E-state index < -0.39 is 0 Å². The normalized spacial score (nSPS) is 10.3. The lowest BCUT2D eigenvalue weighted by Gasteiger charge is -2.01. The highest BCUT2D eigenvalue weighted by molar-refractivity contribution is 5.71. The number of nitrogen functional groups attached to an aromatic ring is 1. The molecule has 0 saturated carbocycles. The van der Waals surface area contributed by atoms with Gasteiger partial charge >= 0.3 is 0 Å². The SMILES string of the molecule is Nc1cc(-c2cccc(O)c2O)no1. The largest absolute Gasteiger partial charge is 0.504 e. The van der Waals surface area contributed by atoms with Gasteiger partial charge in [0.2, 0.25) is 5.88 Å². The zero-order valence-electron chi connectivity index (χ0n) is 7.14. The van der Waals surface area contributed by atoms with Crippen molar-refractivity contribution < 1.29 is 14.7 Å². The predicted octanol–water partition coefficient (Wildman–Crippen LogP) is 1.33. The van der Waals surface area contributed by atoms with Gasteiger partial charge in [-0.2, -0.15) is 0 Å². The van der Waals surface area contributed by atoms with E-state index in [1.54, 1.807) is 12.1 Å². The van der Waals surface area contributed by atoms with Crippen LogP contribution in [0.3, 0.4) is 0 Å². The fourth-order valence-corrected chi connectivity index (χ4v) is 1.15. The molecule has 1 heterocycles. The molecule has 0 aliphatic rings. The van der Waals surface area contributed by atoms with E-state index in [1.807, 2.05) is 0 Å². The van der Waals surface area contributed by atoms with Gasteiger partial charge in [-0.25, -0.2) is 0 Å². The lowest BCUT2D eigenvalue weighted by Crippen LogP contribution is -1.79. The first kappa shape index (κ1) is 8.43. The van der Waals surface area contributed by atoms with Crippen molar-refractivity contribution in [2.45, 2.75) is 0 Å². The Morgan fingerprint density at radius 2 is 2.07 bits per heavy atom. The maximum Gasteiger partial charge on any atom is 0.222 e. The molecule has 0 bridgehead atoms. The lowest BCUT2D eigenvalue weighted by molar-refractivity contribution is 0.403. The fourth-order valence-electron chi connectivity index (χ4n) is 1.15. The minimum Gasteiger partial charge on any atom is -0.504 e. The Bertz CT molecular complexity index is 465. The maximum absolute atomic E-state index is 9.49. The van der Waals surface area contributed by atoms with Crippen LogP contribution in [-0.4, -0.2) is 15.4 Å². The second-order valence-electron chi connectivity index (χ2n) is 2.79. The summed E-state index contributed by atoms with van der Waals surface area (Å²) >= 11 is 0. The van der Waals surface area contributed by atoms with Crippen LogP contribution >= 0.6 is 0 Å². The quantitative estimate of drug-likeness (QED) is 0.593. The number of nitrogens with zero attached hydrogens (tertiary/aromatic N) is 1. The number of anilines is 1. The van der Waals surface area contributed by atoms with Crippen LogP contribution in [0.15, 0.2) is 28.8 Å². The van der Waals surface area contributed by atoms with E-state index >= 15 is 0 Å². The van der Waals surface area contributed by atoms with Crippen molar-refractivity contribution in [2.24, 2.45) is 0 Å². The number of nitrogens with two attached hydrogens (primary N) is 1. The molecule has 2 rings (SSSR count). The second-order valence-corrected chi connectivity index (χ2v) is 2.79. The van der Waals surface area contributed by atoms with Crippen LogP contribution in [-0.2, 0) is 0 Å². The third-order valence-electron chi connectivity index (χ3n) is 1.82. The molecule has 1 aromatic carbocycles. The fraction of sp³-hybridized carbons (Fsp3) is 0. The average molecular weight is 192 g/mol. The van der Waals surface area contributed by atoms with Gasteiger partial charge in [0.25, 0.3) is 0 Å². The van der Waals surface area contributed by atoms with Crippen LogP contribution in [0.2, 0.25) is 0 Å². The smallest absolute Gasteiger partial charge is 0.222 e. The van der Waals surface area contributed by atoms with Crippen molar-refractivity contribution in [3.63, 3.8) is 0 Å². The molecule has 1 aromatic heterocycles. The number of benzene rings is 1. The summed E-state index contributed by atoms with van der Waals surface area (Å²) in [5, 5.41) is 22.3. The summed E-state index contributed by atoms with van der Waals surface area (Å²) in [6, 6.07) is 6.04. The molecule has 5 nitrogen and oxygen atoms in total. The van der Waals surface area contributed by atoms with Gasteiger partial charge in [-0.1, -0.05) is 11.2 Å². The van der Waals surface area contributed by atoms with Crippen LogP contribution in [0.1, 0.15) is 0 Å². The number of para-hydroxylation sites is 1. The third kappa shape index (κ3) is 1.24. The first-order valence-corrected chi connectivity index (χ1v) is 3.92. The number of aromatic hydroxyl groups is 2. The molecule has 0 saturated heterocycles. The second kappa shape index (κ2) is 2.95. The van der Waals surface area contributed by atoms with Crippen LogP contribution in [0, 0.1) is 0 Å². The zero-order valence-corrected chi connectivity index (χ0v) is 7.14. The van der Waals surface area contributed by atoms with Gasteiger partial charge in [0, 0.05) is 11.6 Å². The Kier molecular flexibility index (Phi) is 1.78. The molecule has 4 N–H and O–H groups in total. The lowest BCUT2D eigenvalue weighted by atomic mass is 10.1. The summed E-state index contributed by atoms with van der Waals surface area (Å²) < 4.78 is 4.65. The highest BCUT2D eigenvalue weighted by Gasteiger charge is 2.11. The highest BCUT2D eigenvalue weighted by atomic mass is 16.5. The summed E-state index contributed by atoms with van der Waals surface area (Å²) in [6.45, 7) is 0. The first-order valence-electron chi connectivity index (χ1n) is 3.92. The van der Waals surface area contributed by atoms with E-state index in [2.05, 4.69) is 9.68 Å². The molecule has 14 heavy (non-hydrogen) atoms. The van der Waals surface area contributed by atoms with Crippen LogP contribution < -0.4 is 5.73 Å². The van der Waals surface area contributed by atoms with Crippen molar-refractivity contribution in [2.75, 3.05) is 5.73 Å². The van der Waals surface area contributed by atoms with Crippen molar-refractivity contribution in [1.29, 1.82) is 0 Å². The monoisotopic (exact) mass is 192 g/mol. The Morgan fingerprint density at radius 3 is 2.71 bits per heavy atom. The van der Waals surface area contributed by atoms with E-state index in [4.69, 9.17) is 5.73 Å². The average Bonchev–Trinajstić information content (AvgIpc) is 2.57. The Hall–Kier alpha value is -2.17. The number of rotatable bonds is 1. The molecule has 0 amide bonds. The van der Waals surface area contributed by atoms with Gasteiger partial charge in [0.05, 0.1) is 0 Å². The van der Waals surface area contributed by atoms with Crippen molar-refractivity contribution in [3.8, 4) is 22.8 Å². The first-order chi connectivity index (χ1) is 6.68. The Labute approximate surface area is 79.4 Å². The van der Waals surface area contributed by atoms with Gasteiger partial charge in [-0.3, -0.25) is 0 Å². The molecule has 5 heteroatoms. The van der Waals surface area contributed by atoms with Crippen molar-refractivity contribution in [1.82, 2.24) is 5.16 Å². The Balaban J connectivity index is 2.57.